The van der Waals surface area contributed by atoms with Gasteiger partial charge in [0, 0.05) is 39.4 Å². The standard InChI is InChI=1S/C20H14N4.C13H9NO/c1-2-14-10-16-5-6-18(23-16)12-20-8-7-19(24-20)11-17-4-3-15(22-17)9-13(1)21-14;15-13-7-3-6-12-10(13)8-9-4-1-2-5-11(9)14-12/h1-12,21,24H;1-6,8H,7H2. The summed E-state index contributed by atoms with van der Waals surface area (Å²) in [6, 6.07) is 26.1. The van der Waals surface area contributed by atoms with Crippen molar-refractivity contribution in [2.75, 3.05) is 0 Å². The van der Waals surface area contributed by atoms with Crippen molar-refractivity contribution in [1.82, 2.24) is 24.9 Å². The zero-order chi connectivity index (χ0) is 26.2. The zero-order valence-corrected chi connectivity index (χ0v) is 20.9. The van der Waals surface area contributed by atoms with E-state index in [1.807, 2.05) is 91.1 Å². The summed E-state index contributed by atoms with van der Waals surface area (Å²) in [5.41, 5.74) is 10.3. The summed E-state index contributed by atoms with van der Waals surface area (Å²) in [6.45, 7) is 0. The van der Waals surface area contributed by atoms with Crippen LogP contribution < -0.4 is 0 Å². The maximum Gasteiger partial charge on any atom is 0.168 e. The SMILES string of the molecule is C1=Cc2cc3ccc(cc4nc(cc5ccc(cc1n2)[nH]5)C=C4)[nH]3.O=C1CC=Cc2nc3ccccc3cc21. The van der Waals surface area contributed by atoms with Gasteiger partial charge >= 0.3 is 0 Å². The molecule has 6 nitrogen and oxygen atoms in total. The number of allylic oxidation sites excluding steroid dienone is 1. The van der Waals surface area contributed by atoms with Gasteiger partial charge in [-0.15, -0.1) is 0 Å². The van der Waals surface area contributed by atoms with E-state index in [-0.39, 0.29) is 5.78 Å². The second kappa shape index (κ2) is 9.50. The van der Waals surface area contributed by atoms with Crippen LogP contribution in [0.15, 0.2) is 84.9 Å². The Hall–Kier alpha value is -5.36. The number of hydrogen-bond donors (Lipinski definition) is 2. The number of rotatable bonds is 0. The molecule has 6 heterocycles. The lowest BCUT2D eigenvalue weighted by atomic mass is 9.99. The largest absolute Gasteiger partial charge is 0.355 e. The van der Waals surface area contributed by atoms with Crippen LogP contribution in [0.1, 0.15) is 45.2 Å². The summed E-state index contributed by atoms with van der Waals surface area (Å²) in [4.78, 5) is 32.1. The highest BCUT2D eigenvalue weighted by Crippen LogP contribution is 2.22. The first-order valence-electron chi connectivity index (χ1n) is 12.8. The van der Waals surface area contributed by atoms with Crippen LogP contribution in [0.4, 0.5) is 0 Å². The first-order valence-corrected chi connectivity index (χ1v) is 12.8. The fourth-order valence-corrected chi connectivity index (χ4v) is 4.81. The first-order chi connectivity index (χ1) is 19.1. The number of pyridine rings is 1. The fraction of sp³-hybridized carbons (Fsp3) is 0.0303. The van der Waals surface area contributed by atoms with Crippen molar-refractivity contribution in [1.29, 1.82) is 0 Å². The van der Waals surface area contributed by atoms with Crippen LogP contribution in [-0.4, -0.2) is 30.7 Å². The van der Waals surface area contributed by atoms with Crippen molar-refractivity contribution in [2.45, 2.75) is 6.42 Å². The quantitative estimate of drug-likeness (QED) is 0.224. The Bertz CT molecular complexity index is 1850. The number of benzene rings is 1. The summed E-state index contributed by atoms with van der Waals surface area (Å²) in [7, 11) is 0. The Morgan fingerprint density at radius 3 is 1.62 bits per heavy atom. The number of aromatic nitrogens is 5. The van der Waals surface area contributed by atoms with Gasteiger partial charge in [-0.3, -0.25) is 4.79 Å². The minimum Gasteiger partial charge on any atom is -0.355 e. The number of carbonyl (C=O) groups is 1. The Morgan fingerprint density at radius 2 is 1.08 bits per heavy atom. The Morgan fingerprint density at radius 1 is 0.564 bits per heavy atom. The number of nitrogens with zero attached hydrogens (tertiary/aromatic N) is 3. The number of carbonyl (C=O) groups excluding carboxylic acids is 1. The van der Waals surface area contributed by atoms with Gasteiger partial charge in [0.15, 0.2) is 5.78 Å². The van der Waals surface area contributed by atoms with Gasteiger partial charge < -0.3 is 9.97 Å². The van der Waals surface area contributed by atoms with E-state index >= 15 is 0 Å². The van der Waals surface area contributed by atoms with Gasteiger partial charge in [0.1, 0.15) is 0 Å². The lowest BCUT2D eigenvalue weighted by Crippen LogP contribution is -2.06. The highest BCUT2D eigenvalue weighted by Gasteiger charge is 2.14. The fourth-order valence-electron chi connectivity index (χ4n) is 4.81. The summed E-state index contributed by atoms with van der Waals surface area (Å²) in [5, 5.41) is 1.03. The highest BCUT2D eigenvalue weighted by molar-refractivity contribution is 6.04. The third-order valence-corrected chi connectivity index (χ3v) is 6.67. The molecule has 2 aliphatic heterocycles. The van der Waals surface area contributed by atoms with Gasteiger partial charge in [0.2, 0.25) is 0 Å². The summed E-state index contributed by atoms with van der Waals surface area (Å²) < 4.78 is 0. The molecule has 8 bridgehead atoms. The van der Waals surface area contributed by atoms with E-state index in [1.54, 1.807) is 0 Å². The van der Waals surface area contributed by atoms with E-state index in [9.17, 15) is 4.79 Å². The summed E-state index contributed by atoms with van der Waals surface area (Å²) in [6.07, 6.45) is 12.4. The van der Waals surface area contributed by atoms with Crippen LogP contribution in [0.3, 0.4) is 0 Å². The third-order valence-electron chi connectivity index (χ3n) is 6.67. The van der Waals surface area contributed by atoms with Gasteiger partial charge in [-0.25, -0.2) is 15.0 Å². The number of Topliss-reactive ketones (excluding diaryl/α,β-unsaturated/α-hetero) is 1. The molecule has 2 N–H and O–H groups in total. The van der Waals surface area contributed by atoms with E-state index in [0.717, 1.165) is 67.0 Å². The van der Waals surface area contributed by atoms with Crippen molar-refractivity contribution in [3.05, 3.63) is 119 Å². The molecule has 0 unspecified atom stereocenters. The Labute approximate surface area is 224 Å². The molecule has 186 valence electrons. The molecule has 39 heavy (non-hydrogen) atoms. The highest BCUT2D eigenvalue weighted by atomic mass is 16.1. The average Bonchev–Trinajstić information content (AvgIpc) is 3.75. The monoisotopic (exact) mass is 505 g/mol. The van der Waals surface area contributed by atoms with Crippen LogP contribution in [0.5, 0.6) is 0 Å². The molecule has 3 aliphatic rings. The molecular formula is C33H23N5O. The molecule has 6 heteroatoms. The van der Waals surface area contributed by atoms with Crippen molar-refractivity contribution >= 4 is 69.1 Å². The van der Waals surface area contributed by atoms with E-state index in [0.29, 0.717) is 6.42 Å². The second-order valence-electron chi connectivity index (χ2n) is 9.55. The van der Waals surface area contributed by atoms with Crippen molar-refractivity contribution in [3.8, 4) is 0 Å². The molecule has 5 aromatic rings. The molecule has 0 radical (unpaired) electrons. The topological polar surface area (TPSA) is 87.3 Å². The van der Waals surface area contributed by atoms with Gasteiger partial charge in [-0.1, -0.05) is 24.3 Å². The zero-order valence-electron chi connectivity index (χ0n) is 20.9. The Balaban J connectivity index is 0.000000145. The number of nitrogens with one attached hydrogen (secondary N) is 2. The van der Waals surface area contributed by atoms with E-state index in [1.165, 1.54) is 0 Å². The number of ketones is 1. The van der Waals surface area contributed by atoms with Crippen LogP contribution >= 0.6 is 0 Å². The van der Waals surface area contributed by atoms with Crippen LogP contribution in [0.25, 0.3) is 63.3 Å². The number of H-pyrrole nitrogens is 2. The van der Waals surface area contributed by atoms with Crippen molar-refractivity contribution in [3.63, 3.8) is 0 Å². The lowest BCUT2D eigenvalue weighted by Gasteiger charge is -2.09. The predicted molar refractivity (Wildman–Crippen MR) is 159 cm³/mol. The van der Waals surface area contributed by atoms with Gasteiger partial charge in [-0.2, -0.15) is 0 Å². The maximum atomic E-state index is 11.6. The van der Waals surface area contributed by atoms with E-state index < -0.39 is 0 Å². The number of aromatic amines is 2. The van der Waals surface area contributed by atoms with Gasteiger partial charge in [0.05, 0.1) is 34.0 Å². The number of fused-ring (bicyclic) bond motifs is 10. The van der Waals surface area contributed by atoms with Crippen molar-refractivity contribution in [2.24, 2.45) is 0 Å². The van der Waals surface area contributed by atoms with Crippen molar-refractivity contribution < 1.29 is 4.79 Å². The molecule has 1 aliphatic carbocycles. The Kier molecular flexibility index (Phi) is 5.56. The molecular weight excluding hydrogens is 482 g/mol. The molecule has 4 aromatic heterocycles. The first kappa shape index (κ1) is 22.8. The van der Waals surface area contributed by atoms with E-state index in [2.05, 4.69) is 49.2 Å². The molecule has 0 amide bonds. The van der Waals surface area contributed by atoms with Crippen LogP contribution in [0.2, 0.25) is 0 Å². The van der Waals surface area contributed by atoms with Gasteiger partial charge in [-0.05, 0) is 91.0 Å². The molecule has 1 aromatic carbocycles. The minimum atomic E-state index is 0.158. The molecule has 0 atom stereocenters. The second-order valence-corrected chi connectivity index (χ2v) is 9.55. The molecule has 0 saturated heterocycles. The number of hydrogen-bond acceptors (Lipinski definition) is 4. The molecule has 0 spiro atoms. The summed E-state index contributed by atoms with van der Waals surface area (Å²) in [5.74, 6) is 0.158. The van der Waals surface area contributed by atoms with Crippen LogP contribution in [0, 0.1) is 0 Å². The molecule has 0 fully saturated rings. The molecule has 0 saturated carbocycles. The minimum absolute atomic E-state index is 0.158. The predicted octanol–water partition coefficient (Wildman–Crippen LogP) is 7.49. The third kappa shape index (κ3) is 4.83. The average molecular weight is 506 g/mol. The lowest BCUT2D eigenvalue weighted by molar-refractivity contribution is 0.0994. The van der Waals surface area contributed by atoms with Crippen LogP contribution in [-0.2, 0) is 0 Å². The van der Waals surface area contributed by atoms with Gasteiger partial charge in [0.25, 0.3) is 0 Å². The maximum absolute atomic E-state index is 11.6. The summed E-state index contributed by atoms with van der Waals surface area (Å²) >= 11 is 0. The number of para-hydroxylation sites is 1. The molecule has 8 rings (SSSR count). The van der Waals surface area contributed by atoms with E-state index in [4.69, 9.17) is 0 Å². The smallest absolute Gasteiger partial charge is 0.168 e. The normalized spacial score (nSPS) is 13.3.